The summed E-state index contributed by atoms with van der Waals surface area (Å²) in [5, 5.41) is 9.18. The highest BCUT2D eigenvalue weighted by atomic mass is 16.2. The highest BCUT2D eigenvalue weighted by Gasteiger charge is 2.22. The van der Waals surface area contributed by atoms with Crippen molar-refractivity contribution >= 4 is 17.5 Å². The van der Waals surface area contributed by atoms with Crippen molar-refractivity contribution in [3.63, 3.8) is 0 Å². The van der Waals surface area contributed by atoms with Crippen molar-refractivity contribution in [2.24, 2.45) is 5.92 Å². The molecule has 25 heavy (non-hydrogen) atoms. The maximum atomic E-state index is 12.1. The van der Waals surface area contributed by atoms with Crippen LogP contribution in [0.2, 0.25) is 0 Å². The Kier molecular flexibility index (Phi) is 6.45. The number of hydrogen-bond acceptors (Lipinski definition) is 3. The minimum atomic E-state index is -0.262. The molecule has 1 saturated carbocycles. The molecule has 0 saturated heterocycles. The zero-order valence-corrected chi connectivity index (χ0v) is 15.8. The van der Waals surface area contributed by atoms with Gasteiger partial charge in [-0.2, -0.15) is 0 Å². The van der Waals surface area contributed by atoms with Crippen molar-refractivity contribution < 1.29 is 9.59 Å². The lowest BCUT2D eigenvalue weighted by molar-refractivity contribution is -0.120. The van der Waals surface area contributed by atoms with E-state index in [1.807, 2.05) is 32.9 Å². The summed E-state index contributed by atoms with van der Waals surface area (Å²) in [7, 11) is 0. The molecule has 1 aliphatic carbocycles. The average molecular weight is 345 g/mol. The van der Waals surface area contributed by atoms with Crippen LogP contribution in [0.4, 0.5) is 5.69 Å². The van der Waals surface area contributed by atoms with Gasteiger partial charge in [-0.3, -0.25) is 9.59 Å². The highest BCUT2D eigenvalue weighted by molar-refractivity contribution is 5.95. The number of amides is 2. The molecule has 0 spiro atoms. The standard InChI is InChI=1S/C20H31N3O2/c1-14-7-5-6-8-17(14)22-18(24)13-21-16-11-9-15(10-12-16)19(25)23-20(2,3)4/h9-12,14,17,21H,5-8,13H2,1-4H3,(H,22,24)(H,23,25). The Bertz CT molecular complexity index is 590. The Morgan fingerprint density at radius 3 is 2.32 bits per heavy atom. The van der Waals surface area contributed by atoms with Crippen LogP contribution in [0.15, 0.2) is 24.3 Å². The van der Waals surface area contributed by atoms with Crippen molar-refractivity contribution in [3.05, 3.63) is 29.8 Å². The van der Waals surface area contributed by atoms with Gasteiger partial charge in [-0.05, 0) is 63.8 Å². The summed E-state index contributed by atoms with van der Waals surface area (Å²) in [5.74, 6) is 0.481. The molecule has 0 heterocycles. The van der Waals surface area contributed by atoms with Gasteiger partial charge in [0.15, 0.2) is 0 Å². The van der Waals surface area contributed by atoms with Gasteiger partial charge in [0.1, 0.15) is 0 Å². The molecule has 5 nitrogen and oxygen atoms in total. The first-order valence-corrected chi connectivity index (χ1v) is 9.20. The topological polar surface area (TPSA) is 70.2 Å². The molecule has 2 amide bonds. The van der Waals surface area contributed by atoms with E-state index in [4.69, 9.17) is 0 Å². The van der Waals surface area contributed by atoms with E-state index in [0.29, 0.717) is 17.5 Å². The van der Waals surface area contributed by atoms with Crippen LogP contribution in [0.1, 0.15) is 63.7 Å². The summed E-state index contributed by atoms with van der Waals surface area (Å²) in [5.41, 5.74) is 1.18. The second kappa shape index (κ2) is 8.37. The lowest BCUT2D eigenvalue weighted by atomic mass is 9.86. The third-order valence-electron chi connectivity index (χ3n) is 4.55. The number of benzene rings is 1. The van der Waals surface area contributed by atoms with Crippen molar-refractivity contribution in [1.29, 1.82) is 0 Å². The summed E-state index contributed by atoms with van der Waals surface area (Å²) >= 11 is 0. The Morgan fingerprint density at radius 1 is 1.08 bits per heavy atom. The van der Waals surface area contributed by atoms with Gasteiger partial charge in [0.05, 0.1) is 6.54 Å². The molecule has 1 fully saturated rings. The molecule has 1 aromatic rings. The van der Waals surface area contributed by atoms with Gasteiger partial charge < -0.3 is 16.0 Å². The first-order valence-electron chi connectivity index (χ1n) is 9.20. The van der Waals surface area contributed by atoms with Crippen molar-refractivity contribution in [2.45, 2.75) is 65.0 Å². The largest absolute Gasteiger partial charge is 0.376 e. The van der Waals surface area contributed by atoms with Crippen LogP contribution in [0, 0.1) is 5.92 Å². The second-order valence-electron chi connectivity index (χ2n) is 8.07. The maximum absolute atomic E-state index is 12.1. The molecule has 0 radical (unpaired) electrons. The van der Waals surface area contributed by atoms with Crippen LogP contribution in [0.5, 0.6) is 0 Å². The SMILES string of the molecule is CC1CCCCC1NC(=O)CNc1ccc(C(=O)NC(C)(C)C)cc1. The number of hydrogen-bond donors (Lipinski definition) is 3. The van der Waals surface area contributed by atoms with Crippen molar-refractivity contribution in [1.82, 2.24) is 10.6 Å². The van der Waals surface area contributed by atoms with Crippen molar-refractivity contribution in [3.8, 4) is 0 Å². The molecule has 1 aliphatic rings. The van der Waals surface area contributed by atoms with E-state index >= 15 is 0 Å². The van der Waals surface area contributed by atoms with Crippen LogP contribution >= 0.6 is 0 Å². The Labute approximate surface area is 151 Å². The fourth-order valence-corrected chi connectivity index (χ4v) is 3.12. The summed E-state index contributed by atoms with van der Waals surface area (Å²) in [6.45, 7) is 8.31. The molecule has 2 rings (SSSR count). The number of rotatable bonds is 5. The molecule has 0 bridgehead atoms. The van der Waals surface area contributed by atoms with Gasteiger partial charge in [-0.1, -0.05) is 19.8 Å². The Morgan fingerprint density at radius 2 is 1.72 bits per heavy atom. The maximum Gasteiger partial charge on any atom is 0.251 e. The van der Waals surface area contributed by atoms with E-state index in [2.05, 4.69) is 22.9 Å². The highest BCUT2D eigenvalue weighted by Crippen LogP contribution is 2.23. The third kappa shape index (κ3) is 6.40. The van der Waals surface area contributed by atoms with Gasteiger partial charge in [-0.15, -0.1) is 0 Å². The number of nitrogens with one attached hydrogen (secondary N) is 3. The van der Waals surface area contributed by atoms with E-state index in [0.717, 1.165) is 12.1 Å². The van der Waals surface area contributed by atoms with Gasteiger partial charge >= 0.3 is 0 Å². The smallest absolute Gasteiger partial charge is 0.251 e. The summed E-state index contributed by atoms with van der Waals surface area (Å²) < 4.78 is 0. The molecule has 3 N–H and O–H groups in total. The van der Waals surface area contributed by atoms with Gasteiger partial charge in [0, 0.05) is 22.8 Å². The molecule has 2 atom stereocenters. The summed E-state index contributed by atoms with van der Waals surface area (Å²) in [6.07, 6.45) is 4.72. The monoisotopic (exact) mass is 345 g/mol. The van der Waals surface area contributed by atoms with E-state index in [1.165, 1.54) is 19.3 Å². The van der Waals surface area contributed by atoms with Crippen LogP contribution in [-0.4, -0.2) is 29.9 Å². The molecule has 2 unspecified atom stereocenters. The predicted octanol–water partition coefficient (Wildman–Crippen LogP) is 3.32. The van der Waals surface area contributed by atoms with Crippen LogP contribution < -0.4 is 16.0 Å². The quantitative estimate of drug-likeness (QED) is 0.767. The second-order valence-corrected chi connectivity index (χ2v) is 8.07. The van der Waals surface area contributed by atoms with Crippen LogP contribution in [-0.2, 0) is 4.79 Å². The number of anilines is 1. The summed E-state index contributed by atoms with van der Waals surface area (Å²) in [4.78, 5) is 24.2. The first kappa shape index (κ1) is 19.3. The van der Waals surface area contributed by atoms with Crippen LogP contribution in [0.25, 0.3) is 0 Å². The molecule has 138 valence electrons. The first-order chi connectivity index (χ1) is 11.7. The van der Waals surface area contributed by atoms with Crippen LogP contribution in [0.3, 0.4) is 0 Å². The normalized spacial score (nSPS) is 20.6. The summed E-state index contributed by atoms with van der Waals surface area (Å²) in [6, 6.07) is 7.49. The zero-order chi connectivity index (χ0) is 18.4. The van der Waals surface area contributed by atoms with E-state index in [-0.39, 0.29) is 23.9 Å². The molecule has 5 heteroatoms. The lowest BCUT2D eigenvalue weighted by Gasteiger charge is -2.29. The number of carbonyl (C=O) groups is 2. The molecule has 1 aromatic carbocycles. The van der Waals surface area contributed by atoms with Gasteiger partial charge in [0.2, 0.25) is 5.91 Å². The molecule has 0 aliphatic heterocycles. The van der Waals surface area contributed by atoms with E-state index in [1.54, 1.807) is 12.1 Å². The average Bonchev–Trinajstić information content (AvgIpc) is 2.54. The fourth-order valence-electron chi connectivity index (χ4n) is 3.12. The minimum Gasteiger partial charge on any atom is -0.376 e. The molecule has 0 aromatic heterocycles. The molecular formula is C20H31N3O2. The third-order valence-corrected chi connectivity index (χ3v) is 4.55. The minimum absolute atomic E-state index is 0.0216. The van der Waals surface area contributed by atoms with E-state index < -0.39 is 0 Å². The van der Waals surface area contributed by atoms with Gasteiger partial charge in [0.25, 0.3) is 5.91 Å². The number of carbonyl (C=O) groups excluding carboxylic acids is 2. The Balaban J connectivity index is 1.81. The van der Waals surface area contributed by atoms with E-state index in [9.17, 15) is 9.59 Å². The van der Waals surface area contributed by atoms with Gasteiger partial charge in [-0.25, -0.2) is 0 Å². The zero-order valence-electron chi connectivity index (χ0n) is 15.8. The lowest BCUT2D eigenvalue weighted by Crippen LogP contribution is -2.43. The fraction of sp³-hybridized carbons (Fsp3) is 0.600. The van der Waals surface area contributed by atoms with Crippen molar-refractivity contribution in [2.75, 3.05) is 11.9 Å². The predicted molar refractivity (Wildman–Crippen MR) is 102 cm³/mol. The molecular weight excluding hydrogens is 314 g/mol. The Hall–Kier alpha value is -2.04.